The van der Waals surface area contributed by atoms with Crippen molar-refractivity contribution in [3.63, 3.8) is 0 Å². The molecule has 2 aromatic rings. The normalized spacial score (nSPS) is 22.5. The van der Waals surface area contributed by atoms with E-state index in [4.69, 9.17) is 4.74 Å². The average molecular weight is 437 g/mol. The third-order valence-electron chi connectivity index (χ3n) is 6.63. The first-order valence-corrected chi connectivity index (χ1v) is 11.2. The van der Waals surface area contributed by atoms with Gasteiger partial charge in [0.25, 0.3) is 0 Å². The monoisotopic (exact) mass is 436 g/mol. The summed E-state index contributed by atoms with van der Waals surface area (Å²) in [5.74, 6) is 1.92. The first-order valence-electron chi connectivity index (χ1n) is 11.2. The molecule has 1 saturated heterocycles. The van der Waals surface area contributed by atoms with Gasteiger partial charge in [0.1, 0.15) is 18.1 Å². The summed E-state index contributed by atoms with van der Waals surface area (Å²) in [7, 11) is 1.62. The number of hydrogen-bond acceptors (Lipinski definition) is 5. The Kier molecular flexibility index (Phi) is 5.11. The molecule has 9 nitrogen and oxygen atoms in total. The van der Waals surface area contributed by atoms with Crippen molar-refractivity contribution < 1.29 is 14.3 Å². The van der Waals surface area contributed by atoms with Gasteiger partial charge in [0.15, 0.2) is 5.82 Å². The highest BCUT2D eigenvalue weighted by atomic mass is 16.5. The number of methoxy groups -OCH3 is 1. The van der Waals surface area contributed by atoms with Gasteiger partial charge in [-0.25, -0.2) is 9.48 Å². The summed E-state index contributed by atoms with van der Waals surface area (Å²) in [5.41, 5.74) is 1.55. The Morgan fingerprint density at radius 2 is 1.88 bits per heavy atom. The molecule has 1 aromatic heterocycles. The molecule has 0 spiro atoms. The Morgan fingerprint density at radius 3 is 2.56 bits per heavy atom. The van der Waals surface area contributed by atoms with Gasteiger partial charge >= 0.3 is 6.03 Å². The molecule has 0 saturated carbocycles. The maximum atomic E-state index is 13.5. The molecule has 2 atom stereocenters. The van der Waals surface area contributed by atoms with Crippen LogP contribution in [0.15, 0.2) is 35.5 Å². The minimum absolute atomic E-state index is 0.0217. The van der Waals surface area contributed by atoms with Crippen LogP contribution >= 0.6 is 0 Å². The summed E-state index contributed by atoms with van der Waals surface area (Å²) in [6.07, 6.45) is 4.83. The second-order valence-corrected chi connectivity index (χ2v) is 8.65. The highest BCUT2D eigenvalue weighted by Crippen LogP contribution is 2.34. The molecule has 1 fully saturated rings. The lowest BCUT2D eigenvalue weighted by Gasteiger charge is -2.41. The van der Waals surface area contributed by atoms with Crippen LogP contribution in [-0.4, -0.2) is 76.2 Å². The second kappa shape index (κ2) is 7.96. The number of anilines is 1. The van der Waals surface area contributed by atoms with Gasteiger partial charge in [-0.2, -0.15) is 5.10 Å². The fraction of sp³-hybridized carbons (Fsp3) is 0.478. The van der Waals surface area contributed by atoms with Gasteiger partial charge in [-0.3, -0.25) is 19.6 Å². The number of nitrogens with zero attached hydrogens (tertiary/aromatic N) is 6. The number of carbonyl (C=O) groups is 2. The number of fused-ring (bicyclic) bond motifs is 3. The summed E-state index contributed by atoms with van der Waals surface area (Å²) in [4.78, 5) is 36.6. The van der Waals surface area contributed by atoms with Crippen molar-refractivity contribution in [3.05, 3.63) is 36.0 Å². The molecule has 0 N–H and O–H groups in total. The standard InChI is InChI=1S/C23H28N6O3/c1-15-5-4-6-16(2)28(15)20(30)14-27-22-19(21-24-11-12-26(21)23(27)31)13-25-29(22)17-7-9-18(32-3)10-8-17/h7-10,13,15-16H,4-6,11-12,14H2,1-3H3/t15-,16+. The molecule has 3 amide bonds. The summed E-state index contributed by atoms with van der Waals surface area (Å²) in [6.45, 7) is 5.22. The topological polar surface area (TPSA) is 83.3 Å². The maximum absolute atomic E-state index is 13.5. The van der Waals surface area contributed by atoms with Gasteiger partial charge in [-0.15, -0.1) is 0 Å². The number of amidine groups is 1. The number of urea groups is 1. The largest absolute Gasteiger partial charge is 0.497 e. The highest BCUT2D eigenvalue weighted by molar-refractivity contribution is 6.20. The van der Waals surface area contributed by atoms with E-state index in [2.05, 4.69) is 23.9 Å². The summed E-state index contributed by atoms with van der Waals surface area (Å²) in [6, 6.07) is 7.57. The van der Waals surface area contributed by atoms with Crippen LogP contribution in [0.1, 0.15) is 38.7 Å². The number of ether oxygens (including phenoxy) is 1. The van der Waals surface area contributed by atoms with Gasteiger partial charge in [-0.1, -0.05) is 0 Å². The van der Waals surface area contributed by atoms with Crippen molar-refractivity contribution in [1.29, 1.82) is 0 Å². The molecule has 168 valence electrons. The molecule has 3 aliphatic rings. The van der Waals surface area contributed by atoms with Gasteiger partial charge in [-0.05, 0) is 57.4 Å². The Bertz CT molecular complexity index is 1070. The minimum Gasteiger partial charge on any atom is -0.497 e. The number of hydrogen-bond donors (Lipinski definition) is 0. The zero-order valence-corrected chi connectivity index (χ0v) is 18.7. The number of aliphatic imine (C=N–C) groups is 1. The number of benzene rings is 1. The van der Waals surface area contributed by atoms with E-state index < -0.39 is 0 Å². The molecular weight excluding hydrogens is 408 g/mol. The van der Waals surface area contributed by atoms with E-state index in [0.717, 1.165) is 36.3 Å². The molecule has 0 bridgehead atoms. The molecular formula is C23H28N6O3. The highest BCUT2D eigenvalue weighted by Gasteiger charge is 2.42. The summed E-state index contributed by atoms with van der Waals surface area (Å²) in [5, 5.41) is 4.57. The van der Waals surface area contributed by atoms with Gasteiger partial charge < -0.3 is 9.64 Å². The lowest BCUT2D eigenvalue weighted by atomic mass is 9.97. The van der Waals surface area contributed by atoms with Crippen molar-refractivity contribution in [2.45, 2.75) is 45.2 Å². The van der Waals surface area contributed by atoms with E-state index in [1.165, 1.54) is 0 Å². The number of rotatable bonds is 4. The van der Waals surface area contributed by atoms with E-state index in [0.29, 0.717) is 24.7 Å². The molecule has 4 heterocycles. The van der Waals surface area contributed by atoms with Crippen molar-refractivity contribution >= 4 is 23.6 Å². The van der Waals surface area contributed by atoms with Crippen molar-refractivity contribution in [2.24, 2.45) is 4.99 Å². The Balaban J connectivity index is 1.54. The van der Waals surface area contributed by atoms with E-state index in [-0.39, 0.29) is 30.6 Å². The van der Waals surface area contributed by atoms with Crippen LogP contribution < -0.4 is 9.64 Å². The van der Waals surface area contributed by atoms with E-state index in [9.17, 15) is 9.59 Å². The Hall–Kier alpha value is -3.36. The van der Waals surface area contributed by atoms with Gasteiger partial charge in [0.05, 0.1) is 31.1 Å². The minimum atomic E-state index is -0.227. The molecule has 9 heteroatoms. The second-order valence-electron chi connectivity index (χ2n) is 8.65. The van der Waals surface area contributed by atoms with Gasteiger partial charge in [0, 0.05) is 18.6 Å². The molecule has 5 rings (SSSR count). The number of carbonyl (C=O) groups excluding carboxylic acids is 2. The number of aromatic nitrogens is 2. The third-order valence-corrected chi connectivity index (χ3v) is 6.63. The molecule has 0 aliphatic carbocycles. The van der Waals surface area contributed by atoms with Crippen LogP contribution in [0.3, 0.4) is 0 Å². The quantitative estimate of drug-likeness (QED) is 0.738. The Labute approximate surface area is 187 Å². The molecule has 0 radical (unpaired) electrons. The van der Waals surface area contributed by atoms with Crippen molar-refractivity contribution in [3.8, 4) is 11.4 Å². The van der Waals surface area contributed by atoms with Gasteiger partial charge in [0.2, 0.25) is 5.91 Å². The van der Waals surface area contributed by atoms with E-state index in [1.807, 2.05) is 29.2 Å². The first-order chi connectivity index (χ1) is 15.5. The van der Waals surface area contributed by atoms with Crippen LogP contribution in [0.5, 0.6) is 5.75 Å². The maximum Gasteiger partial charge on any atom is 0.331 e. The number of piperidine rings is 1. The number of amides is 3. The van der Waals surface area contributed by atoms with Crippen LogP contribution in [-0.2, 0) is 4.79 Å². The smallest absolute Gasteiger partial charge is 0.331 e. The number of likely N-dealkylation sites (tertiary alicyclic amines) is 1. The summed E-state index contributed by atoms with van der Waals surface area (Å²) >= 11 is 0. The summed E-state index contributed by atoms with van der Waals surface area (Å²) < 4.78 is 6.97. The zero-order chi connectivity index (χ0) is 22.4. The molecule has 1 aromatic carbocycles. The lowest BCUT2D eigenvalue weighted by Crippen LogP contribution is -2.56. The SMILES string of the molecule is COc1ccc(-n2ncc3c2N(CC(=O)N2[C@H](C)CCC[C@@H]2C)C(=O)N2CCN=C32)cc1. The lowest BCUT2D eigenvalue weighted by molar-refractivity contribution is -0.135. The van der Waals surface area contributed by atoms with Crippen molar-refractivity contribution in [2.75, 3.05) is 31.6 Å². The van der Waals surface area contributed by atoms with Crippen molar-refractivity contribution in [1.82, 2.24) is 19.6 Å². The molecule has 3 aliphatic heterocycles. The van der Waals surface area contributed by atoms with Crippen LogP contribution in [0, 0.1) is 0 Å². The fourth-order valence-electron chi connectivity index (χ4n) is 5.04. The predicted octanol–water partition coefficient (Wildman–Crippen LogP) is 2.67. The molecule has 0 unspecified atom stereocenters. The molecule has 32 heavy (non-hydrogen) atoms. The average Bonchev–Trinajstić information content (AvgIpc) is 3.44. The zero-order valence-electron chi connectivity index (χ0n) is 18.7. The predicted molar refractivity (Wildman–Crippen MR) is 121 cm³/mol. The fourth-order valence-corrected chi connectivity index (χ4v) is 5.04. The third kappa shape index (κ3) is 3.23. The van der Waals surface area contributed by atoms with Crippen LogP contribution in [0.4, 0.5) is 10.6 Å². The van der Waals surface area contributed by atoms with E-state index >= 15 is 0 Å². The first kappa shape index (κ1) is 20.5. The van der Waals surface area contributed by atoms with Crippen LogP contribution in [0.25, 0.3) is 5.69 Å². The van der Waals surface area contributed by atoms with Crippen LogP contribution in [0.2, 0.25) is 0 Å². The Morgan fingerprint density at radius 1 is 1.16 bits per heavy atom. The van der Waals surface area contributed by atoms with E-state index in [1.54, 1.807) is 27.8 Å².